The summed E-state index contributed by atoms with van der Waals surface area (Å²) in [6.45, 7) is 5.82. The number of azo groups is 1. The number of pyridine rings is 1. The summed E-state index contributed by atoms with van der Waals surface area (Å²) in [5, 5.41) is 30.4. The first kappa shape index (κ1) is 27.3. The molecule has 1 aromatic carbocycles. The van der Waals surface area contributed by atoms with Crippen LogP contribution in [0.25, 0.3) is 16.5 Å². The number of methoxy groups -OCH3 is 1. The third-order valence-corrected chi connectivity index (χ3v) is 8.19. The number of amides is 1. The molecule has 0 saturated carbocycles. The number of hydrogen-bond acceptors (Lipinski definition) is 10. The molecule has 4 heterocycles. The molecule has 5 rings (SSSR count). The van der Waals surface area contributed by atoms with E-state index >= 15 is 0 Å². The Hall–Kier alpha value is -4.23. The quantitative estimate of drug-likeness (QED) is 0.168. The molecule has 0 saturated heterocycles. The van der Waals surface area contributed by atoms with Crippen LogP contribution in [0, 0.1) is 6.92 Å². The fraction of sp³-hybridized carbons (Fsp3) is 0.222. The van der Waals surface area contributed by atoms with E-state index in [9.17, 15) is 24.6 Å². The molecule has 2 aliphatic rings. The molecule has 1 amide bonds. The lowest BCUT2D eigenvalue weighted by Gasteiger charge is -2.32. The number of aromatic hydroxyl groups is 1. The van der Waals surface area contributed by atoms with Crippen molar-refractivity contribution in [1.82, 2.24) is 9.55 Å². The summed E-state index contributed by atoms with van der Waals surface area (Å²) in [5.41, 5.74) is 3.19. The van der Waals surface area contributed by atoms with Crippen molar-refractivity contribution < 1.29 is 29.3 Å². The number of amidine groups is 1. The van der Waals surface area contributed by atoms with Crippen LogP contribution in [-0.4, -0.2) is 55.6 Å². The van der Waals surface area contributed by atoms with Gasteiger partial charge in [-0.05, 0) is 67.9 Å². The number of aromatic carboxylic acids is 1. The summed E-state index contributed by atoms with van der Waals surface area (Å²) in [7, 11) is 1.21. The maximum atomic E-state index is 12.1. The van der Waals surface area contributed by atoms with Crippen molar-refractivity contribution in [3.8, 4) is 5.88 Å². The highest BCUT2D eigenvalue weighted by Gasteiger charge is 2.34. The van der Waals surface area contributed by atoms with Crippen LogP contribution in [0.4, 0.5) is 5.69 Å². The van der Waals surface area contributed by atoms with Crippen LogP contribution in [0.15, 0.2) is 67.8 Å². The molecular weight excluding hydrogens is 554 g/mol. The Balaban J connectivity index is 1.53. The van der Waals surface area contributed by atoms with Crippen LogP contribution in [0.1, 0.15) is 35.3 Å². The van der Waals surface area contributed by atoms with Gasteiger partial charge in [-0.1, -0.05) is 6.08 Å². The molecule has 0 spiro atoms. The molecular formula is C27H23N5O6S2. The van der Waals surface area contributed by atoms with Gasteiger partial charge in [-0.15, -0.1) is 22.0 Å². The fourth-order valence-corrected chi connectivity index (χ4v) is 6.31. The smallest absolute Gasteiger partial charge is 0.338 e. The van der Waals surface area contributed by atoms with E-state index in [4.69, 9.17) is 0 Å². The zero-order valence-electron chi connectivity index (χ0n) is 21.8. The normalized spacial score (nSPS) is 17.0. The minimum Gasteiger partial charge on any atom is -0.493 e. The van der Waals surface area contributed by atoms with Crippen molar-refractivity contribution in [2.24, 2.45) is 15.2 Å². The number of benzene rings is 1. The molecule has 40 heavy (non-hydrogen) atoms. The number of aryl methyl sites for hydroxylation is 1. The van der Waals surface area contributed by atoms with Gasteiger partial charge in [-0.3, -0.25) is 4.79 Å². The number of carboxylic acids is 1. The Morgan fingerprint density at radius 2 is 2.05 bits per heavy atom. The third-order valence-electron chi connectivity index (χ3n) is 6.27. The van der Waals surface area contributed by atoms with E-state index in [0.29, 0.717) is 16.2 Å². The van der Waals surface area contributed by atoms with Gasteiger partial charge >= 0.3 is 11.9 Å². The van der Waals surface area contributed by atoms with Crippen molar-refractivity contribution in [1.29, 1.82) is 0 Å². The monoisotopic (exact) mass is 577 g/mol. The number of rotatable bonds is 6. The number of aromatic nitrogens is 2. The van der Waals surface area contributed by atoms with Crippen molar-refractivity contribution in [2.45, 2.75) is 31.3 Å². The predicted molar refractivity (Wildman–Crippen MR) is 152 cm³/mol. The number of nitrogens with zero attached hydrogens (tertiary/aromatic N) is 5. The average molecular weight is 578 g/mol. The van der Waals surface area contributed by atoms with Gasteiger partial charge in [0.2, 0.25) is 11.0 Å². The van der Waals surface area contributed by atoms with Crippen LogP contribution < -0.4 is 0 Å². The average Bonchev–Trinajstić information content (AvgIpc) is 3.39. The van der Waals surface area contributed by atoms with Crippen LogP contribution in [0.5, 0.6) is 5.88 Å². The second-order valence-electron chi connectivity index (χ2n) is 9.52. The Labute approximate surface area is 236 Å². The zero-order chi connectivity index (χ0) is 28.8. The van der Waals surface area contributed by atoms with Gasteiger partial charge in [0.05, 0.1) is 28.6 Å². The number of thioether (sulfide) groups is 2. The molecule has 0 atom stereocenters. The summed E-state index contributed by atoms with van der Waals surface area (Å²) in [6.07, 6.45) is 4.64. The highest BCUT2D eigenvalue weighted by molar-refractivity contribution is 8.18. The topological polar surface area (TPSA) is 156 Å². The molecule has 0 bridgehead atoms. The number of carboxylic acid groups (broad SMARTS) is 1. The van der Waals surface area contributed by atoms with E-state index in [1.54, 1.807) is 16.8 Å². The lowest BCUT2D eigenvalue weighted by atomic mass is 9.91. The van der Waals surface area contributed by atoms with E-state index in [2.05, 4.69) is 24.9 Å². The predicted octanol–water partition coefficient (Wildman–Crippen LogP) is 5.44. The zero-order valence-corrected chi connectivity index (χ0v) is 23.5. The lowest BCUT2D eigenvalue weighted by molar-refractivity contribution is -0.135. The maximum absolute atomic E-state index is 12.1. The molecule has 0 unspecified atom stereocenters. The van der Waals surface area contributed by atoms with Crippen molar-refractivity contribution in [3.63, 3.8) is 0 Å². The van der Waals surface area contributed by atoms with Crippen LogP contribution >= 0.6 is 23.5 Å². The maximum Gasteiger partial charge on any atom is 0.338 e. The number of carbonyl (C=O) groups is 3. The first-order valence-electron chi connectivity index (χ1n) is 11.9. The summed E-state index contributed by atoms with van der Waals surface area (Å²) in [5.74, 6) is -2.00. The first-order chi connectivity index (χ1) is 19.0. The number of esters is 1. The van der Waals surface area contributed by atoms with E-state index in [1.807, 2.05) is 39.0 Å². The number of hydrogen-bond donors (Lipinski definition) is 2. The van der Waals surface area contributed by atoms with Gasteiger partial charge in [0, 0.05) is 29.0 Å². The Bertz CT molecular complexity index is 1730. The second-order valence-corrected chi connectivity index (χ2v) is 11.5. The molecule has 3 aromatic rings. The SMILES string of the molecule is COC(=O)/C=C1/SC(N=Nc2c(O)n3c4c(cc(C)cc24)C(CSc2ncccc2C(=O)O)=CC3(C)C)=NC1=O. The Morgan fingerprint density at radius 3 is 2.77 bits per heavy atom. The van der Waals surface area contributed by atoms with Gasteiger partial charge in [0.25, 0.3) is 5.91 Å². The van der Waals surface area contributed by atoms with Gasteiger partial charge in [0.15, 0.2) is 5.69 Å². The van der Waals surface area contributed by atoms with E-state index in [-0.39, 0.29) is 27.2 Å². The Kier molecular flexibility index (Phi) is 7.10. The molecule has 2 aromatic heterocycles. The van der Waals surface area contributed by atoms with Crippen molar-refractivity contribution in [3.05, 3.63) is 64.2 Å². The lowest BCUT2D eigenvalue weighted by Crippen LogP contribution is -2.27. The molecule has 204 valence electrons. The standard InChI is InChI=1S/C27H23N5O6S2/c1-13-8-16-14(12-39-23-15(25(36)37)6-5-7-28-23)11-27(2,3)32-21(16)17(9-13)20(24(32)35)30-31-26-29-22(34)18(40-26)10-19(33)38-4/h5-11,35H,12H2,1-4H3,(H,36,37)/b18-10+,31-30?. The number of ether oxygens (including phenoxy) is 1. The number of aliphatic imine (C=N–C) groups is 1. The summed E-state index contributed by atoms with van der Waals surface area (Å²) in [6, 6.07) is 7.02. The van der Waals surface area contributed by atoms with Crippen LogP contribution in [-0.2, 0) is 19.9 Å². The van der Waals surface area contributed by atoms with Crippen LogP contribution in [0.3, 0.4) is 0 Å². The second kappa shape index (κ2) is 10.4. The first-order valence-corrected chi connectivity index (χ1v) is 13.7. The van der Waals surface area contributed by atoms with Crippen LogP contribution in [0.2, 0.25) is 0 Å². The number of carbonyl (C=O) groups excluding carboxylic acids is 2. The molecule has 13 heteroatoms. The Morgan fingerprint density at radius 1 is 1.27 bits per heavy atom. The largest absolute Gasteiger partial charge is 0.493 e. The molecule has 0 aliphatic carbocycles. The number of allylic oxidation sites excluding steroid dienone is 1. The van der Waals surface area contributed by atoms with Gasteiger partial charge < -0.3 is 19.5 Å². The van der Waals surface area contributed by atoms with Crippen molar-refractivity contribution >= 4 is 68.7 Å². The molecule has 11 nitrogen and oxygen atoms in total. The minimum absolute atomic E-state index is 0.0299. The summed E-state index contributed by atoms with van der Waals surface area (Å²) < 4.78 is 6.34. The van der Waals surface area contributed by atoms with Gasteiger partial charge in [-0.2, -0.15) is 4.99 Å². The van der Waals surface area contributed by atoms with E-state index in [1.165, 1.54) is 24.9 Å². The highest BCUT2D eigenvalue weighted by atomic mass is 32.2. The molecule has 0 fully saturated rings. The molecule has 2 aliphatic heterocycles. The fourth-order valence-electron chi connectivity index (χ4n) is 4.64. The minimum atomic E-state index is -1.04. The van der Waals surface area contributed by atoms with Crippen molar-refractivity contribution in [2.75, 3.05) is 12.9 Å². The van der Waals surface area contributed by atoms with Gasteiger partial charge in [0.1, 0.15) is 5.03 Å². The summed E-state index contributed by atoms with van der Waals surface area (Å²) in [4.78, 5) is 43.5. The third kappa shape index (κ3) is 4.93. The molecule has 2 N–H and O–H groups in total. The van der Waals surface area contributed by atoms with E-state index in [0.717, 1.165) is 40.1 Å². The van der Waals surface area contributed by atoms with Gasteiger partial charge in [-0.25, -0.2) is 14.6 Å². The van der Waals surface area contributed by atoms with E-state index < -0.39 is 23.4 Å². The highest BCUT2D eigenvalue weighted by Crippen LogP contribution is 2.49. The molecule has 0 radical (unpaired) electrons. The summed E-state index contributed by atoms with van der Waals surface area (Å²) >= 11 is 2.21.